The number of carbonyl (C=O) groups is 1. The minimum atomic E-state index is -4.74. The van der Waals surface area contributed by atoms with E-state index in [0.29, 0.717) is 18.2 Å². The Labute approximate surface area is 150 Å². The van der Waals surface area contributed by atoms with Gasteiger partial charge in [-0.3, -0.25) is 10.2 Å². The van der Waals surface area contributed by atoms with Crippen LogP contribution in [0.4, 0.5) is 23.7 Å². The van der Waals surface area contributed by atoms with Crippen LogP contribution in [0, 0.1) is 11.8 Å². The maximum Gasteiger partial charge on any atom is 0.573 e. The first-order valence-electron chi connectivity index (χ1n) is 8.87. The number of ether oxygens (including phenoxy) is 2. The van der Waals surface area contributed by atoms with Crippen LogP contribution in [-0.2, 0) is 4.74 Å². The molecule has 3 aliphatic heterocycles. The summed E-state index contributed by atoms with van der Waals surface area (Å²) in [5, 5.41) is 2.52. The van der Waals surface area contributed by atoms with E-state index in [1.807, 2.05) is 0 Å². The predicted octanol–water partition coefficient (Wildman–Crippen LogP) is 4.25. The Morgan fingerprint density at radius 2 is 2.04 bits per heavy atom. The Kier molecular flexibility index (Phi) is 5.60. The third kappa shape index (κ3) is 4.81. The summed E-state index contributed by atoms with van der Waals surface area (Å²) in [5.41, 5.74) is 0.348. The number of carbonyl (C=O) groups excluding carboxylic acids is 1. The van der Waals surface area contributed by atoms with E-state index in [9.17, 15) is 18.0 Å². The van der Waals surface area contributed by atoms with Gasteiger partial charge >= 0.3 is 12.5 Å². The maximum absolute atomic E-state index is 12.1. The fraction of sp³-hybridized carbons (Fsp3) is 0.611. The molecular formula is C18H23F3N2O3. The van der Waals surface area contributed by atoms with E-state index in [4.69, 9.17) is 4.74 Å². The fourth-order valence-electron chi connectivity index (χ4n) is 3.95. The van der Waals surface area contributed by atoms with Gasteiger partial charge in [0, 0.05) is 18.3 Å². The number of hydrogen-bond acceptors (Lipinski definition) is 4. The topological polar surface area (TPSA) is 50.8 Å². The second-order valence-corrected chi connectivity index (χ2v) is 6.90. The third-order valence-corrected chi connectivity index (χ3v) is 5.28. The number of hydrogen-bond donors (Lipinski definition) is 1. The van der Waals surface area contributed by atoms with Gasteiger partial charge in [0.05, 0.1) is 0 Å². The first-order valence-corrected chi connectivity index (χ1v) is 8.87. The zero-order chi connectivity index (χ0) is 18.7. The van der Waals surface area contributed by atoms with E-state index in [1.54, 1.807) is 0 Å². The molecule has 3 heterocycles. The van der Waals surface area contributed by atoms with Crippen LogP contribution in [0.5, 0.6) is 5.75 Å². The van der Waals surface area contributed by atoms with Gasteiger partial charge in [0.1, 0.15) is 12.4 Å². The highest BCUT2D eigenvalue weighted by atomic mass is 19.4. The Morgan fingerprint density at radius 1 is 1.31 bits per heavy atom. The maximum atomic E-state index is 12.1. The standard InChI is InChI=1S/C18H23F3N2O3/c1-2-12-10-23-8-7-13(12)9-15(23)11-25-17(24)22-14-3-5-16(6-4-14)26-18(19,20)21/h3-6,12-13,15H,2,7-11H2,1H3,(H,22,24)/t12-,13-,15+/m0/s1. The minimum Gasteiger partial charge on any atom is -0.448 e. The molecule has 5 nitrogen and oxygen atoms in total. The molecule has 1 aromatic carbocycles. The SMILES string of the molecule is CC[C@H]1CN2CC[C@H]1C[C@@H]2COC(=O)Nc1ccc(OC(F)(F)F)cc1. The van der Waals surface area contributed by atoms with Crippen molar-refractivity contribution in [3.8, 4) is 5.75 Å². The molecule has 1 amide bonds. The lowest BCUT2D eigenvalue weighted by molar-refractivity contribution is -0.274. The van der Waals surface area contributed by atoms with Gasteiger partial charge < -0.3 is 9.47 Å². The number of fused-ring (bicyclic) bond motifs is 3. The van der Waals surface area contributed by atoms with E-state index >= 15 is 0 Å². The number of piperidine rings is 3. The molecule has 1 unspecified atom stereocenters. The van der Waals surface area contributed by atoms with E-state index in [2.05, 4.69) is 21.9 Å². The lowest BCUT2D eigenvalue weighted by atomic mass is 9.75. The second-order valence-electron chi connectivity index (χ2n) is 6.90. The number of benzene rings is 1. The molecule has 4 atom stereocenters. The van der Waals surface area contributed by atoms with Crippen molar-refractivity contribution in [2.75, 3.05) is 25.0 Å². The number of amides is 1. The molecule has 0 spiro atoms. The molecule has 144 valence electrons. The quantitative estimate of drug-likeness (QED) is 0.839. The third-order valence-electron chi connectivity index (χ3n) is 5.28. The number of halogens is 3. The van der Waals surface area contributed by atoms with Crippen LogP contribution in [0.2, 0.25) is 0 Å². The summed E-state index contributed by atoms with van der Waals surface area (Å²) in [6, 6.07) is 5.20. The molecule has 8 heteroatoms. The number of nitrogens with one attached hydrogen (secondary N) is 1. The van der Waals surface area contributed by atoms with Crippen LogP contribution < -0.4 is 10.1 Å². The lowest BCUT2D eigenvalue weighted by Crippen LogP contribution is -2.54. The summed E-state index contributed by atoms with van der Waals surface area (Å²) in [4.78, 5) is 14.3. The smallest absolute Gasteiger partial charge is 0.448 e. The van der Waals surface area contributed by atoms with Gasteiger partial charge in [-0.15, -0.1) is 13.2 Å². The molecule has 0 aliphatic carbocycles. The first kappa shape index (κ1) is 18.8. The van der Waals surface area contributed by atoms with Gasteiger partial charge in [-0.2, -0.15) is 0 Å². The molecule has 3 saturated heterocycles. The number of anilines is 1. The van der Waals surface area contributed by atoms with E-state index in [-0.39, 0.29) is 11.8 Å². The van der Waals surface area contributed by atoms with Crippen molar-refractivity contribution in [1.82, 2.24) is 4.90 Å². The average Bonchev–Trinajstić information content (AvgIpc) is 2.61. The van der Waals surface area contributed by atoms with Crippen LogP contribution in [0.1, 0.15) is 26.2 Å². The fourth-order valence-corrected chi connectivity index (χ4v) is 3.95. The van der Waals surface area contributed by atoms with Crippen molar-refractivity contribution < 1.29 is 27.4 Å². The van der Waals surface area contributed by atoms with Crippen molar-refractivity contribution in [2.45, 2.75) is 38.6 Å². The summed E-state index contributed by atoms with van der Waals surface area (Å²) in [7, 11) is 0. The van der Waals surface area contributed by atoms with Crippen molar-refractivity contribution in [3.63, 3.8) is 0 Å². The van der Waals surface area contributed by atoms with Gasteiger partial charge in [0.15, 0.2) is 0 Å². The molecular weight excluding hydrogens is 349 g/mol. The Morgan fingerprint density at radius 3 is 2.62 bits per heavy atom. The molecule has 0 aromatic heterocycles. The van der Waals surface area contributed by atoms with Gasteiger partial charge in [0.25, 0.3) is 0 Å². The van der Waals surface area contributed by atoms with Gasteiger partial charge in [-0.25, -0.2) is 4.79 Å². The lowest BCUT2D eigenvalue weighted by Gasteiger charge is -2.49. The average molecular weight is 372 g/mol. The highest BCUT2D eigenvalue weighted by Crippen LogP contribution is 2.37. The molecule has 1 aromatic rings. The monoisotopic (exact) mass is 372 g/mol. The van der Waals surface area contributed by atoms with Crippen LogP contribution in [-0.4, -0.2) is 43.1 Å². The first-order chi connectivity index (χ1) is 12.3. The Bertz CT molecular complexity index is 621. The molecule has 1 N–H and O–H groups in total. The van der Waals surface area contributed by atoms with Crippen LogP contribution in [0.25, 0.3) is 0 Å². The number of nitrogens with zero attached hydrogens (tertiary/aromatic N) is 1. The number of rotatable bonds is 5. The highest BCUT2D eigenvalue weighted by molar-refractivity contribution is 5.84. The zero-order valence-electron chi connectivity index (χ0n) is 14.6. The molecule has 26 heavy (non-hydrogen) atoms. The van der Waals surface area contributed by atoms with Crippen LogP contribution in [0.3, 0.4) is 0 Å². The number of alkyl halides is 3. The summed E-state index contributed by atoms with van der Waals surface area (Å²) >= 11 is 0. The summed E-state index contributed by atoms with van der Waals surface area (Å²) in [6.07, 6.45) is -1.89. The van der Waals surface area contributed by atoms with Crippen molar-refractivity contribution in [2.24, 2.45) is 11.8 Å². The molecule has 3 aliphatic rings. The Balaban J connectivity index is 1.45. The van der Waals surface area contributed by atoms with E-state index in [1.165, 1.54) is 25.0 Å². The summed E-state index contributed by atoms with van der Waals surface area (Å²) in [6.45, 7) is 4.67. The van der Waals surface area contributed by atoms with E-state index in [0.717, 1.165) is 37.6 Å². The molecule has 3 fully saturated rings. The predicted molar refractivity (Wildman–Crippen MR) is 90.0 cm³/mol. The van der Waals surface area contributed by atoms with Gasteiger partial charge in [-0.05, 0) is 55.5 Å². The molecule has 4 rings (SSSR count). The van der Waals surface area contributed by atoms with Crippen LogP contribution >= 0.6 is 0 Å². The van der Waals surface area contributed by atoms with Crippen molar-refractivity contribution in [1.29, 1.82) is 0 Å². The molecule has 2 bridgehead atoms. The Hall–Kier alpha value is -1.96. The van der Waals surface area contributed by atoms with Crippen molar-refractivity contribution in [3.05, 3.63) is 24.3 Å². The zero-order valence-corrected chi connectivity index (χ0v) is 14.6. The normalized spacial score (nSPS) is 27.8. The van der Waals surface area contributed by atoms with Crippen LogP contribution in [0.15, 0.2) is 24.3 Å². The van der Waals surface area contributed by atoms with Gasteiger partial charge in [-0.1, -0.05) is 13.3 Å². The summed E-state index contributed by atoms with van der Waals surface area (Å²) in [5.74, 6) is 1.11. The van der Waals surface area contributed by atoms with Crippen molar-refractivity contribution >= 4 is 11.8 Å². The highest BCUT2D eigenvalue weighted by Gasteiger charge is 2.39. The largest absolute Gasteiger partial charge is 0.573 e. The van der Waals surface area contributed by atoms with Gasteiger partial charge in [0.2, 0.25) is 0 Å². The molecule has 0 saturated carbocycles. The minimum absolute atomic E-state index is 0.255. The molecule has 0 radical (unpaired) electrons. The summed E-state index contributed by atoms with van der Waals surface area (Å²) < 4.78 is 45.5. The second kappa shape index (κ2) is 7.73. The van der Waals surface area contributed by atoms with E-state index < -0.39 is 12.5 Å².